The number of ether oxygens (including phenoxy) is 1. The Kier molecular flexibility index (Phi) is 4.83. The second kappa shape index (κ2) is 6.16. The molecule has 0 aliphatic rings. The van der Waals surface area contributed by atoms with Gasteiger partial charge in [-0.05, 0) is 43.0 Å². The van der Waals surface area contributed by atoms with E-state index < -0.39 is 0 Å². The van der Waals surface area contributed by atoms with Crippen molar-refractivity contribution in [2.24, 2.45) is 4.99 Å². The third-order valence-electron chi connectivity index (χ3n) is 2.46. The molecule has 0 fully saturated rings. The predicted octanol–water partition coefficient (Wildman–Crippen LogP) is 3.21. The van der Waals surface area contributed by atoms with E-state index in [4.69, 9.17) is 4.74 Å². The van der Waals surface area contributed by atoms with E-state index in [1.165, 1.54) is 6.40 Å². The summed E-state index contributed by atoms with van der Waals surface area (Å²) in [7, 11) is 0. The Bertz CT molecular complexity index is 347. The minimum absolute atomic E-state index is 0.403. The lowest BCUT2D eigenvalue weighted by atomic mass is 10.0. The van der Waals surface area contributed by atoms with Gasteiger partial charge in [0.2, 0.25) is 0 Å². The zero-order valence-corrected chi connectivity index (χ0v) is 10.2. The first-order chi connectivity index (χ1) is 7.72. The van der Waals surface area contributed by atoms with E-state index in [9.17, 15) is 5.11 Å². The Balaban J connectivity index is 3.02. The number of hydrogen-bond donors (Lipinski definition) is 1. The SMILES string of the molecule is CCO/C=N\c1cc(CC)c(O)c(CC)c1. The van der Waals surface area contributed by atoms with Crippen LogP contribution in [0.15, 0.2) is 17.1 Å². The van der Waals surface area contributed by atoms with E-state index in [0.717, 1.165) is 29.7 Å². The van der Waals surface area contributed by atoms with Gasteiger partial charge in [0.05, 0.1) is 12.3 Å². The molecule has 0 heterocycles. The van der Waals surface area contributed by atoms with Crippen LogP contribution < -0.4 is 0 Å². The Morgan fingerprint density at radius 1 is 1.19 bits per heavy atom. The zero-order valence-electron chi connectivity index (χ0n) is 10.2. The van der Waals surface area contributed by atoms with Crippen LogP contribution in [0.4, 0.5) is 5.69 Å². The highest BCUT2D eigenvalue weighted by Crippen LogP contribution is 2.29. The lowest BCUT2D eigenvalue weighted by Gasteiger charge is -2.08. The number of aliphatic imine (C=N–C) groups is 1. The van der Waals surface area contributed by atoms with Gasteiger partial charge in [-0.15, -0.1) is 0 Å². The molecule has 0 aliphatic carbocycles. The summed E-state index contributed by atoms with van der Waals surface area (Å²) in [5, 5.41) is 9.90. The lowest BCUT2D eigenvalue weighted by Crippen LogP contribution is -1.89. The van der Waals surface area contributed by atoms with Crippen LogP contribution in [0.2, 0.25) is 0 Å². The summed E-state index contributed by atoms with van der Waals surface area (Å²) in [6.07, 6.45) is 3.05. The molecule has 3 heteroatoms. The van der Waals surface area contributed by atoms with Gasteiger partial charge in [-0.2, -0.15) is 0 Å². The maximum absolute atomic E-state index is 9.90. The van der Waals surface area contributed by atoms with Crippen molar-refractivity contribution >= 4 is 12.1 Å². The van der Waals surface area contributed by atoms with Gasteiger partial charge < -0.3 is 9.84 Å². The number of phenolic OH excluding ortho intramolecular Hbond substituents is 1. The summed E-state index contributed by atoms with van der Waals surface area (Å²) in [5.74, 6) is 0.403. The van der Waals surface area contributed by atoms with Gasteiger partial charge in [-0.3, -0.25) is 0 Å². The fourth-order valence-corrected chi connectivity index (χ4v) is 1.53. The molecule has 0 saturated carbocycles. The van der Waals surface area contributed by atoms with E-state index in [1.54, 1.807) is 0 Å². The van der Waals surface area contributed by atoms with E-state index in [1.807, 2.05) is 32.9 Å². The summed E-state index contributed by atoms with van der Waals surface area (Å²) in [4.78, 5) is 4.20. The third kappa shape index (κ3) is 2.99. The van der Waals surface area contributed by atoms with Crippen LogP contribution in [0.5, 0.6) is 5.75 Å². The molecule has 16 heavy (non-hydrogen) atoms. The van der Waals surface area contributed by atoms with E-state index in [2.05, 4.69) is 4.99 Å². The molecular formula is C13H19NO2. The van der Waals surface area contributed by atoms with Gasteiger partial charge >= 0.3 is 0 Å². The Labute approximate surface area is 96.8 Å². The third-order valence-corrected chi connectivity index (χ3v) is 2.46. The first-order valence-corrected chi connectivity index (χ1v) is 5.71. The average Bonchev–Trinajstić information content (AvgIpc) is 2.31. The van der Waals surface area contributed by atoms with Gasteiger partial charge in [0, 0.05) is 0 Å². The predicted molar refractivity (Wildman–Crippen MR) is 66.6 cm³/mol. The van der Waals surface area contributed by atoms with Crippen LogP contribution in [0.25, 0.3) is 0 Å². The zero-order chi connectivity index (χ0) is 12.0. The van der Waals surface area contributed by atoms with Crippen LogP contribution in [0.3, 0.4) is 0 Å². The van der Waals surface area contributed by atoms with Gasteiger partial charge in [0.1, 0.15) is 5.75 Å². The fourth-order valence-electron chi connectivity index (χ4n) is 1.53. The Morgan fingerprint density at radius 3 is 2.19 bits per heavy atom. The first kappa shape index (κ1) is 12.6. The number of hydrogen-bond acceptors (Lipinski definition) is 3. The molecule has 1 aromatic carbocycles. The fraction of sp³-hybridized carbons (Fsp3) is 0.462. The maximum atomic E-state index is 9.90. The number of aromatic hydroxyl groups is 1. The van der Waals surface area contributed by atoms with Crippen LogP contribution in [-0.4, -0.2) is 18.1 Å². The van der Waals surface area contributed by atoms with Crippen molar-refractivity contribution in [3.63, 3.8) is 0 Å². The van der Waals surface area contributed by atoms with Crippen LogP contribution in [0, 0.1) is 0 Å². The van der Waals surface area contributed by atoms with E-state index in [0.29, 0.717) is 12.4 Å². The highest BCUT2D eigenvalue weighted by atomic mass is 16.5. The lowest BCUT2D eigenvalue weighted by molar-refractivity contribution is 0.344. The summed E-state index contributed by atoms with van der Waals surface area (Å²) < 4.78 is 5.06. The summed E-state index contributed by atoms with van der Waals surface area (Å²) in [5.41, 5.74) is 2.70. The summed E-state index contributed by atoms with van der Waals surface area (Å²) in [6, 6.07) is 3.79. The molecule has 1 rings (SSSR count). The van der Waals surface area contributed by atoms with Crippen molar-refractivity contribution in [2.75, 3.05) is 6.61 Å². The standard InChI is InChI=1S/C13H19NO2/c1-4-10-7-12(14-9-16-6-3)8-11(5-2)13(10)15/h7-9,15H,4-6H2,1-3H3/b14-9-. The molecule has 0 saturated heterocycles. The normalized spacial score (nSPS) is 10.9. The van der Waals surface area contributed by atoms with Crippen molar-refractivity contribution in [2.45, 2.75) is 33.6 Å². The number of nitrogens with zero attached hydrogens (tertiary/aromatic N) is 1. The molecule has 0 aromatic heterocycles. The molecule has 0 aliphatic heterocycles. The number of phenols is 1. The molecule has 0 radical (unpaired) electrons. The molecule has 1 aromatic rings. The minimum Gasteiger partial charge on any atom is -0.507 e. The second-order valence-corrected chi connectivity index (χ2v) is 3.51. The molecular weight excluding hydrogens is 202 g/mol. The monoisotopic (exact) mass is 221 g/mol. The maximum Gasteiger partial charge on any atom is 0.174 e. The van der Waals surface area contributed by atoms with E-state index in [-0.39, 0.29) is 0 Å². The minimum atomic E-state index is 0.403. The molecule has 3 nitrogen and oxygen atoms in total. The average molecular weight is 221 g/mol. The van der Waals surface area contributed by atoms with Gasteiger partial charge in [-0.1, -0.05) is 13.8 Å². The van der Waals surface area contributed by atoms with Crippen molar-refractivity contribution in [1.82, 2.24) is 0 Å². The molecule has 0 amide bonds. The second-order valence-electron chi connectivity index (χ2n) is 3.51. The highest BCUT2D eigenvalue weighted by Gasteiger charge is 2.06. The van der Waals surface area contributed by atoms with Crippen LogP contribution >= 0.6 is 0 Å². The summed E-state index contributed by atoms with van der Waals surface area (Å²) >= 11 is 0. The molecule has 88 valence electrons. The summed E-state index contributed by atoms with van der Waals surface area (Å²) in [6.45, 7) is 6.57. The quantitative estimate of drug-likeness (QED) is 0.612. The Hall–Kier alpha value is -1.51. The topological polar surface area (TPSA) is 41.8 Å². The van der Waals surface area contributed by atoms with Crippen LogP contribution in [0.1, 0.15) is 31.9 Å². The van der Waals surface area contributed by atoms with Crippen molar-refractivity contribution in [3.05, 3.63) is 23.3 Å². The molecule has 0 atom stereocenters. The van der Waals surface area contributed by atoms with Crippen molar-refractivity contribution in [1.29, 1.82) is 0 Å². The van der Waals surface area contributed by atoms with Crippen LogP contribution in [-0.2, 0) is 17.6 Å². The van der Waals surface area contributed by atoms with Crippen molar-refractivity contribution < 1.29 is 9.84 Å². The molecule has 0 unspecified atom stereocenters. The van der Waals surface area contributed by atoms with Gasteiger partial charge in [0.25, 0.3) is 0 Å². The first-order valence-electron chi connectivity index (χ1n) is 5.71. The largest absolute Gasteiger partial charge is 0.507 e. The van der Waals surface area contributed by atoms with Gasteiger partial charge in [-0.25, -0.2) is 4.99 Å². The Morgan fingerprint density at radius 2 is 1.75 bits per heavy atom. The number of rotatable bonds is 5. The number of aryl methyl sites for hydroxylation is 2. The number of benzene rings is 1. The van der Waals surface area contributed by atoms with Crippen molar-refractivity contribution in [3.8, 4) is 5.75 Å². The van der Waals surface area contributed by atoms with Gasteiger partial charge in [0.15, 0.2) is 6.40 Å². The molecule has 1 N–H and O–H groups in total. The van der Waals surface area contributed by atoms with E-state index >= 15 is 0 Å². The molecule has 0 bridgehead atoms. The highest BCUT2D eigenvalue weighted by molar-refractivity contribution is 5.59. The smallest absolute Gasteiger partial charge is 0.174 e. The molecule has 0 spiro atoms.